The van der Waals surface area contributed by atoms with Crippen LogP contribution in [0.15, 0.2) is 41.1 Å². The fourth-order valence-corrected chi connectivity index (χ4v) is 2.66. The van der Waals surface area contributed by atoms with Crippen molar-refractivity contribution in [3.63, 3.8) is 0 Å². The molecule has 0 unspecified atom stereocenters. The summed E-state index contributed by atoms with van der Waals surface area (Å²) in [6.07, 6.45) is 2.55. The molecule has 1 N–H and O–H groups in total. The molecular weight excluding hydrogens is 272 g/mol. The largest absolute Gasteiger partial charge is 0.493 e. The Kier molecular flexibility index (Phi) is 5.62. The number of ether oxygens (including phenoxy) is 1. The summed E-state index contributed by atoms with van der Waals surface area (Å²) >= 11 is 1.70. The van der Waals surface area contributed by atoms with Crippen molar-refractivity contribution in [1.29, 1.82) is 0 Å². The van der Waals surface area contributed by atoms with E-state index in [2.05, 4.69) is 16.8 Å². The maximum atomic E-state index is 10.5. The van der Waals surface area contributed by atoms with Crippen LogP contribution in [0.4, 0.5) is 0 Å². The topological polar surface area (TPSA) is 46.5 Å². The molecule has 20 heavy (non-hydrogen) atoms. The summed E-state index contributed by atoms with van der Waals surface area (Å²) in [6, 6.07) is 10.0. The molecule has 0 aliphatic heterocycles. The average Bonchev–Trinajstić information content (AvgIpc) is 2.92. The first-order chi connectivity index (χ1) is 9.74. The van der Waals surface area contributed by atoms with E-state index in [4.69, 9.17) is 9.84 Å². The van der Waals surface area contributed by atoms with E-state index in [9.17, 15) is 4.79 Å². The number of hydrogen-bond donors (Lipinski definition) is 1. The van der Waals surface area contributed by atoms with Gasteiger partial charge in [0.1, 0.15) is 5.75 Å². The fraction of sp³-hybridized carbons (Fsp3) is 0.312. The second-order valence-corrected chi connectivity index (χ2v) is 5.40. The third-order valence-corrected chi connectivity index (χ3v) is 3.73. The van der Waals surface area contributed by atoms with Gasteiger partial charge >= 0.3 is 5.97 Å². The predicted molar refractivity (Wildman–Crippen MR) is 80.5 cm³/mol. The van der Waals surface area contributed by atoms with Crippen molar-refractivity contribution in [3.05, 3.63) is 52.2 Å². The molecule has 2 aromatic rings. The second-order valence-electron chi connectivity index (χ2n) is 4.62. The highest BCUT2D eigenvalue weighted by atomic mass is 32.1. The third-order valence-electron chi connectivity index (χ3n) is 2.99. The van der Waals surface area contributed by atoms with Crippen LogP contribution in [0, 0.1) is 0 Å². The van der Waals surface area contributed by atoms with Crippen molar-refractivity contribution in [1.82, 2.24) is 0 Å². The molecule has 0 spiro atoms. The first-order valence-corrected chi connectivity index (χ1v) is 7.63. The van der Waals surface area contributed by atoms with Crippen LogP contribution < -0.4 is 4.74 Å². The minimum atomic E-state index is -0.742. The summed E-state index contributed by atoms with van der Waals surface area (Å²) in [5.41, 5.74) is 2.42. The van der Waals surface area contributed by atoms with Crippen molar-refractivity contribution in [2.45, 2.75) is 25.7 Å². The van der Waals surface area contributed by atoms with Crippen molar-refractivity contribution in [3.8, 4) is 5.75 Å². The molecule has 4 heteroatoms. The van der Waals surface area contributed by atoms with E-state index >= 15 is 0 Å². The average molecular weight is 290 g/mol. The van der Waals surface area contributed by atoms with Gasteiger partial charge in [0.05, 0.1) is 6.61 Å². The Hall–Kier alpha value is -1.81. The van der Waals surface area contributed by atoms with Crippen molar-refractivity contribution in [2.75, 3.05) is 6.61 Å². The van der Waals surface area contributed by atoms with Gasteiger partial charge in [-0.05, 0) is 52.9 Å². The van der Waals surface area contributed by atoms with Gasteiger partial charge in [-0.15, -0.1) is 0 Å². The van der Waals surface area contributed by atoms with Crippen LogP contribution in [0.25, 0.3) is 0 Å². The monoisotopic (exact) mass is 290 g/mol. The van der Waals surface area contributed by atoms with Crippen LogP contribution in [0.2, 0.25) is 0 Å². The van der Waals surface area contributed by atoms with E-state index in [1.165, 1.54) is 5.56 Å². The van der Waals surface area contributed by atoms with E-state index in [0.717, 1.165) is 24.2 Å². The Morgan fingerprint density at radius 2 is 2.10 bits per heavy atom. The summed E-state index contributed by atoms with van der Waals surface area (Å²) in [5.74, 6) is 0.112. The quantitative estimate of drug-likeness (QED) is 0.805. The van der Waals surface area contributed by atoms with Crippen LogP contribution in [-0.2, 0) is 17.6 Å². The first-order valence-electron chi connectivity index (χ1n) is 6.68. The lowest BCUT2D eigenvalue weighted by atomic mass is 10.1. The van der Waals surface area contributed by atoms with E-state index in [1.54, 1.807) is 11.3 Å². The molecule has 0 saturated heterocycles. The molecule has 0 atom stereocenters. The van der Waals surface area contributed by atoms with E-state index < -0.39 is 5.97 Å². The number of aryl methyl sites for hydroxylation is 1. The van der Waals surface area contributed by atoms with Gasteiger partial charge in [0.2, 0.25) is 0 Å². The highest BCUT2D eigenvalue weighted by molar-refractivity contribution is 7.07. The summed E-state index contributed by atoms with van der Waals surface area (Å²) in [5, 5.41) is 12.8. The standard InChI is InChI=1S/C16H18O3S/c17-16(18)6-2-4-13-3-1-5-15(11-13)19-9-7-14-8-10-20-12-14/h1,3,5,8,10-12H,2,4,6-7,9H2,(H,17,18). The van der Waals surface area contributed by atoms with Crippen LogP contribution in [0.5, 0.6) is 5.75 Å². The predicted octanol–water partition coefficient (Wildman–Crippen LogP) is 3.78. The van der Waals surface area contributed by atoms with Gasteiger partial charge in [0.25, 0.3) is 0 Å². The zero-order valence-electron chi connectivity index (χ0n) is 11.2. The minimum Gasteiger partial charge on any atom is -0.493 e. The summed E-state index contributed by atoms with van der Waals surface area (Å²) in [6.45, 7) is 0.662. The Labute approximate surface area is 122 Å². The Morgan fingerprint density at radius 3 is 2.85 bits per heavy atom. The van der Waals surface area contributed by atoms with Gasteiger partial charge in [0.15, 0.2) is 0 Å². The zero-order valence-corrected chi connectivity index (χ0v) is 12.1. The van der Waals surface area contributed by atoms with Gasteiger partial charge < -0.3 is 9.84 Å². The molecule has 2 rings (SSSR count). The van der Waals surface area contributed by atoms with E-state index in [0.29, 0.717) is 13.0 Å². The summed E-state index contributed by atoms with van der Waals surface area (Å²) in [4.78, 5) is 10.5. The minimum absolute atomic E-state index is 0.212. The Bertz CT molecular complexity index is 534. The van der Waals surface area contributed by atoms with Gasteiger partial charge in [0, 0.05) is 12.8 Å². The number of thiophene rings is 1. The molecule has 0 saturated carbocycles. The first kappa shape index (κ1) is 14.6. The zero-order chi connectivity index (χ0) is 14.2. The van der Waals surface area contributed by atoms with E-state index in [1.807, 2.05) is 24.3 Å². The molecule has 0 aliphatic carbocycles. The number of hydrogen-bond acceptors (Lipinski definition) is 3. The molecule has 106 valence electrons. The number of rotatable bonds is 8. The lowest BCUT2D eigenvalue weighted by Gasteiger charge is -2.07. The lowest BCUT2D eigenvalue weighted by Crippen LogP contribution is -2.01. The van der Waals surface area contributed by atoms with Gasteiger partial charge in [-0.1, -0.05) is 12.1 Å². The number of aliphatic carboxylic acids is 1. The lowest BCUT2D eigenvalue weighted by molar-refractivity contribution is -0.137. The fourth-order valence-electron chi connectivity index (χ4n) is 1.96. The Balaban J connectivity index is 1.78. The molecule has 1 aromatic heterocycles. The van der Waals surface area contributed by atoms with Crippen LogP contribution >= 0.6 is 11.3 Å². The van der Waals surface area contributed by atoms with Crippen molar-refractivity contribution in [2.24, 2.45) is 0 Å². The SMILES string of the molecule is O=C(O)CCCc1cccc(OCCc2ccsc2)c1. The van der Waals surface area contributed by atoms with Gasteiger partial charge in [-0.3, -0.25) is 4.79 Å². The van der Waals surface area contributed by atoms with Gasteiger partial charge in [-0.25, -0.2) is 0 Å². The summed E-state index contributed by atoms with van der Waals surface area (Å²) < 4.78 is 5.74. The molecule has 0 aliphatic rings. The molecule has 0 fully saturated rings. The number of carboxylic acids is 1. The number of carbonyl (C=O) groups is 1. The Morgan fingerprint density at radius 1 is 1.20 bits per heavy atom. The molecule has 0 radical (unpaired) electrons. The highest BCUT2D eigenvalue weighted by Gasteiger charge is 2.01. The van der Waals surface area contributed by atoms with Crippen molar-refractivity contribution >= 4 is 17.3 Å². The number of carboxylic acid groups (broad SMARTS) is 1. The van der Waals surface area contributed by atoms with Gasteiger partial charge in [-0.2, -0.15) is 11.3 Å². The molecular formula is C16H18O3S. The van der Waals surface area contributed by atoms with E-state index in [-0.39, 0.29) is 6.42 Å². The highest BCUT2D eigenvalue weighted by Crippen LogP contribution is 2.16. The number of benzene rings is 1. The molecule has 0 bridgehead atoms. The van der Waals surface area contributed by atoms with Crippen molar-refractivity contribution < 1.29 is 14.6 Å². The van der Waals surface area contributed by atoms with Crippen LogP contribution in [0.1, 0.15) is 24.0 Å². The second kappa shape index (κ2) is 7.70. The molecule has 1 heterocycles. The maximum absolute atomic E-state index is 10.5. The molecule has 1 aromatic carbocycles. The molecule has 3 nitrogen and oxygen atoms in total. The van der Waals surface area contributed by atoms with Crippen LogP contribution in [0.3, 0.4) is 0 Å². The normalized spacial score (nSPS) is 10.4. The smallest absolute Gasteiger partial charge is 0.303 e. The maximum Gasteiger partial charge on any atom is 0.303 e. The molecule has 0 amide bonds. The summed E-state index contributed by atoms with van der Waals surface area (Å²) in [7, 11) is 0. The van der Waals surface area contributed by atoms with Crippen LogP contribution in [-0.4, -0.2) is 17.7 Å². The third kappa shape index (κ3) is 5.05.